The first-order valence-corrected chi connectivity index (χ1v) is 20.9. The van der Waals surface area contributed by atoms with Gasteiger partial charge in [0.2, 0.25) is 5.95 Å². The van der Waals surface area contributed by atoms with E-state index in [1.54, 1.807) is 0 Å². The van der Waals surface area contributed by atoms with Crippen LogP contribution in [0.4, 0.5) is 0 Å². The number of allylic oxidation sites excluding steroid dienone is 2. The first-order chi connectivity index (χ1) is 30.7. The standard InChI is InChI=1S/C54H35N7O/c1-5-16-34(17-6-1)48-55-49(35-18-7-2-8-19-35)58-52(57-48)61-43-25-14-13-24-40(43)41-32-38(28-30-44(41)61)39-29-31-45-42(33-39)53-46(26-15-27-47(53)62-45)54(53)59-50(36-20-9-3-10-21-36)56-51(60-54)37-22-11-4-12-23-37/h1-33,46H,(H,56,59,60). The maximum absolute atomic E-state index is 6.75. The Labute approximate surface area is 357 Å². The zero-order chi connectivity index (χ0) is 40.8. The first-order valence-electron chi connectivity index (χ1n) is 20.9. The Balaban J connectivity index is 0.964. The maximum Gasteiger partial charge on any atom is 0.238 e. The molecule has 0 saturated heterocycles. The smallest absolute Gasteiger partial charge is 0.238 e. The fourth-order valence-corrected chi connectivity index (χ4v) is 9.89. The summed E-state index contributed by atoms with van der Waals surface area (Å²) in [6.07, 6.45) is 6.45. The molecule has 1 N–H and O–H groups in total. The van der Waals surface area contributed by atoms with Crippen molar-refractivity contribution >= 4 is 33.5 Å². The number of nitrogens with one attached hydrogen (secondary N) is 1. The molecule has 292 valence electrons. The largest absolute Gasteiger partial charge is 0.460 e. The van der Waals surface area contributed by atoms with Crippen LogP contribution in [-0.4, -0.2) is 36.9 Å². The monoisotopic (exact) mass is 797 g/mol. The molecular weight excluding hydrogens is 763 g/mol. The average Bonchev–Trinajstić information content (AvgIpc) is 3.56. The van der Waals surface area contributed by atoms with Crippen LogP contribution in [0, 0.1) is 5.92 Å². The van der Waals surface area contributed by atoms with Gasteiger partial charge in [-0.25, -0.2) is 15.0 Å². The summed E-state index contributed by atoms with van der Waals surface area (Å²) in [7, 11) is 0. The quantitative estimate of drug-likeness (QED) is 0.181. The number of aliphatic imine (C=N–C) groups is 2. The van der Waals surface area contributed by atoms with Crippen molar-refractivity contribution in [3.63, 3.8) is 0 Å². The minimum atomic E-state index is -0.837. The third-order valence-electron chi connectivity index (χ3n) is 12.8. The molecule has 1 fully saturated rings. The topological polar surface area (TPSA) is 89.6 Å². The lowest BCUT2D eigenvalue weighted by atomic mass is 9.87. The van der Waals surface area contributed by atoms with Gasteiger partial charge < -0.3 is 10.1 Å². The van der Waals surface area contributed by atoms with Gasteiger partial charge in [0.25, 0.3) is 0 Å². The molecule has 2 atom stereocenters. The summed E-state index contributed by atoms with van der Waals surface area (Å²) in [5, 5.41) is 5.81. The maximum atomic E-state index is 6.75. The molecule has 8 nitrogen and oxygen atoms in total. The van der Waals surface area contributed by atoms with Gasteiger partial charge in [-0.05, 0) is 47.5 Å². The van der Waals surface area contributed by atoms with Crippen molar-refractivity contribution in [1.29, 1.82) is 0 Å². The Morgan fingerprint density at radius 2 is 1.05 bits per heavy atom. The second-order valence-corrected chi connectivity index (χ2v) is 16.1. The van der Waals surface area contributed by atoms with Crippen molar-refractivity contribution in [2.45, 2.75) is 11.1 Å². The highest BCUT2D eigenvalue weighted by molar-refractivity contribution is 6.17. The average molecular weight is 798 g/mol. The van der Waals surface area contributed by atoms with Gasteiger partial charge in [-0.15, -0.1) is 0 Å². The van der Waals surface area contributed by atoms with E-state index in [-0.39, 0.29) is 5.92 Å². The molecule has 13 rings (SSSR count). The van der Waals surface area contributed by atoms with Crippen molar-refractivity contribution < 1.29 is 4.74 Å². The van der Waals surface area contributed by atoms with E-state index in [1.165, 1.54) is 0 Å². The summed E-state index contributed by atoms with van der Waals surface area (Å²) in [5.41, 5.74) is 7.73. The molecular formula is C54H35N7O. The molecule has 4 heterocycles. The van der Waals surface area contributed by atoms with Crippen LogP contribution < -0.4 is 10.1 Å². The number of nitrogens with zero attached hydrogens (tertiary/aromatic N) is 6. The van der Waals surface area contributed by atoms with Crippen LogP contribution >= 0.6 is 0 Å². The van der Waals surface area contributed by atoms with Crippen molar-refractivity contribution in [3.8, 4) is 45.6 Å². The number of fused-ring (bicyclic) bond motifs is 5. The summed E-state index contributed by atoms with van der Waals surface area (Å²) in [4.78, 5) is 26.3. The number of ether oxygens (including phenoxy) is 1. The number of amidine groups is 2. The summed E-state index contributed by atoms with van der Waals surface area (Å²) < 4.78 is 8.91. The molecule has 4 aliphatic rings. The second-order valence-electron chi connectivity index (χ2n) is 16.1. The zero-order valence-electron chi connectivity index (χ0n) is 33.2. The van der Waals surface area contributed by atoms with Gasteiger partial charge in [-0.2, -0.15) is 9.97 Å². The zero-order valence-corrected chi connectivity index (χ0v) is 33.2. The van der Waals surface area contributed by atoms with Gasteiger partial charge in [0.1, 0.15) is 28.6 Å². The SMILES string of the molecule is C1=CC2C3(N=C(c4ccccc4)NC(c4ccccc4)=N3)C23C(=C1)Oc1ccc(-c2ccc4c(c2)c2ccccc2n4-c2nc(-c4ccccc4)nc(-c4ccccc4)n2)cc13. The third kappa shape index (κ3) is 4.98. The number of hydrogen-bond donors (Lipinski definition) is 1. The Morgan fingerprint density at radius 1 is 0.500 bits per heavy atom. The van der Waals surface area contributed by atoms with Gasteiger partial charge in [-0.3, -0.25) is 4.57 Å². The van der Waals surface area contributed by atoms with Crippen molar-refractivity contribution in [1.82, 2.24) is 24.8 Å². The molecule has 9 aromatic rings. The highest BCUT2D eigenvalue weighted by Crippen LogP contribution is 2.76. The van der Waals surface area contributed by atoms with Crippen LogP contribution in [0.2, 0.25) is 0 Å². The molecule has 2 spiro atoms. The lowest BCUT2D eigenvalue weighted by Crippen LogP contribution is -2.40. The lowest BCUT2D eigenvalue weighted by Gasteiger charge is -2.25. The lowest BCUT2D eigenvalue weighted by molar-refractivity contribution is 0.404. The fraction of sp³-hybridized carbons (Fsp3) is 0.0556. The molecule has 2 aliphatic carbocycles. The molecule has 2 aliphatic heterocycles. The van der Waals surface area contributed by atoms with E-state index in [9.17, 15) is 0 Å². The van der Waals surface area contributed by atoms with Crippen molar-refractivity contribution in [2.75, 3.05) is 0 Å². The van der Waals surface area contributed by atoms with Crippen LogP contribution in [0.5, 0.6) is 5.75 Å². The molecule has 0 bridgehead atoms. The minimum absolute atomic E-state index is 0.0339. The van der Waals surface area contributed by atoms with Crippen LogP contribution in [0.1, 0.15) is 16.7 Å². The third-order valence-corrected chi connectivity index (χ3v) is 12.8. The van der Waals surface area contributed by atoms with Crippen LogP contribution in [-0.2, 0) is 5.41 Å². The predicted octanol–water partition coefficient (Wildman–Crippen LogP) is 10.9. The van der Waals surface area contributed by atoms with E-state index in [0.717, 1.165) is 83.9 Å². The molecule has 7 aromatic carbocycles. The number of benzene rings is 7. The summed E-state index contributed by atoms with van der Waals surface area (Å²) >= 11 is 0. The molecule has 0 amide bonds. The van der Waals surface area contributed by atoms with E-state index in [1.807, 2.05) is 97.1 Å². The molecule has 8 heteroatoms. The molecule has 2 aromatic heterocycles. The van der Waals surface area contributed by atoms with Crippen molar-refractivity contribution in [3.05, 3.63) is 223 Å². The highest BCUT2D eigenvalue weighted by Gasteiger charge is 2.84. The Bertz CT molecular complexity index is 3300. The fourth-order valence-electron chi connectivity index (χ4n) is 9.89. The number of aromatic nitrogens is 4. The van der Waals surface area contributed by atoms with E-state index in [2.05, 4.69) is 113 Å². The van der Waals surface area contributed by atoms with E-state index in [4.69, 9.17) is 29.7 Å². The van der Waals surface area contributed by atoms with Crippen LogP contribution in [0.15, 0.2) is 216 Å². The summed E-state index contributed by atoms with van der Waals surface area (Å²) in [6.45, 7) is 0. The molecule has 1 saturated carbocycles. The van der Waals surface area contributed by atoms with E-state index >= 15 is 0 Å². The Morgan fingerprint density at radius 3 is 1.69 bits per heavy atom. The van der Waals surface area contributed by atoms with Crippen LogP contribution in [0.3, 0.4) is 0 Å². The van der Waals surface area contributed by atoms with Gasteiger partial charge in [-0.1, -0.05) is 164 Å². The summed E-state index contributed by atoms with van der Waals surface area (Å²) in [5.74, 6) is 5.09. The number of rotatable bonds is 6. The normalized spacial score (nSPS) is 18.8. The van der Waals surface area contributed by atoms with Crippen LogP contribution in [0.25, 0.3) is 61.7 Å². The molecule has 0 radical (unpaired) electrons. The molecule has 2 unspecified atom stereocenters. The van der Waals surface area contributed by atoms with Crippen molar-refractivity contribution in [2.24, 2.45) is 15.9 Å². The predicted molar refractivity (Wildman–Crippen MR) is 245 cm³/mol. The molecule has 62 heavy (non-hydrogen) atoms. The first kappa shape index (κ1) is 34.6. The van der Waals surface area contributed by atoms with E-state index in [0.29, 0.717) is 17.6 Å². The Kier molecular flexibility index (Phi) is 7.33. The number of hydrogen-bond acceptors (Lipinski definition) is 7. The van der Waals surface area contributed by atoms with E-state index < -0.39 is 11.1 Å². The minimum Gasteiger partial charge on any atom is -0.460 e. The van der Waals surface area contributed by atoms with Gasteiger partial charge in [0.05, 0.1) is 11.0 Å². The van der Waals surface area contributed by atoms with Gasteiger partial charge >= 0.3 is 0 Å². The highest BCUT2D eigenvalue weighted by atomic mass is 16.5. The van der Waals surface area contributed by atoms with Gasteiger partial charge in [0, 0.05) is 44.5 Å². The second kappa shape index (κ2) is 13.1. The van der Waals surface area contributed by atoms with Gasteiger partial charge in [0.15, 0.2) is 17.3 Å². The summed E-state index contributed by atoms with van der Waals surface area (Å²) in [6, 6.07) is 62.6. The Hall–Kier alpha value is -8.23. The number of para-hydroxylation sites is 1.